The van der Waals surface area contributed by atoms with Crippen molar-refractivity contribution in [2.24, 2.45) is 0 Å². The van der Waals surface area contributed by atoms with Gasteiger partial charge in [0.05, 0.1) is 0 Å². The van der Waals surface area contributed by atoms with Crippen LogP contribution in [-0.4, -0.2) is 0 Å². The van der Waals surface area contributed by atoms with Crippen molar-refractivity contribution in [2.45, 2.75) is 13.8 Å². The molecule has 0 aliphatic rings. The molecule has 0 bridgehead atoms. The lowest BCUT2D eigenvalue weighted by atomic mass is 10.1. The third kappa shape index (κ3) is 3.90. The van der Waals surface area contributed by atoms with Crippen molar-refractivity contribution in [1.82, 2.24) is 0 Å². The van der Waals surface area contributed by atoms with Crippen molar-refractivity contribution in [3.8, 4) is 0 Å². The Bertz CT molecular complexity index is 340. The molecule has 0 saturated heterocycles. The first-order valence-electron chi connectivity index (χ1n) is 4.85. The van der Waals surface area contributed by atoms with Crippen LogP contribution in [0.5, 0.6) is 0 Å². The zero-order valence-electron chi connectivity index (χ0n) is 8.77. The zero-order chi connectivity index (χ0) is 10.2. The van der Waals surface area contributed by atoms with Gasteiger partial charge in [-0.25, -0.2) is 0 Å². The fourth-order valence-electron chi connectivity index (χ4n) is 1.10. The fraction of sp³-hybridized carbons (Fsp3) is 0.143. The topological polar surface area (TPSA) is 0 Å². The zero-order valence-corrected chi connectivity index (χ0v) is 8.77. The summed E-state index contributed by atoms with van der Waals surface area (Å²) in [5, 5.41) is 0. The Morgan fingerprint density at radius 2 is 1.86 bits per heavy atom. The van der Waals surface area contributed by atoms with Crippen molar-refractivity contribution >= 4 is 6.08 Å². The first kappa shape index (κ1) is 10.5. The minimum atomic E-state index is 1.24. The fourth-order valence-corrected chi connectivity index (χ4v) is 1.10. The van der Waals surface area contributed by atoms with Crippen LogP contribution in [0.15, 0.2) is 60.2 Å². The molecule has 1 aromatic rings. The molecule has 1 aromatic carbocycles. The Morgan fingerprint density at radius 3 is 2.50 bits per heavy atom. The van der Waals surface area contributed by atoms with Gasteiger partial charge in [0.2, 0.25) is 0 Å². The highest BCUT2D eigenvalue weighted by atomic mass is 13.9. The lowest BCUT2D eigenvalue weighted by Gasteiger charge is -1.91. The van der Waals surface area contributed by atoms with Crippen LogP contribution in [0.25, 0.3) is 6.08 Å². The van der Waals surface area contributed by atoms with Crippen LogP contribution in [0.1, 0.15) is 19.4 Å². The maximum Gasteiger partial charge on any atom is -0.0257 e. The Labute approximate surface area is 86.3 Å². The second-order valence-electron chi connectivity index (χ2n) is 3.18. The van der Waals surface area contributed by atoms with Gasteiger partial charge in [-0.2, -0.15) is 0 Å². The second-order valence-corrected chi connectivity index (χ2v) is 3.18. The van der Waals surface area contributed by atoms with E-state index in [-0.39, 0.29) is 0 Å². The molecule has 0 unspecified atom stereocenters. The van der Waals surface area contributed by atoms with Crippen molar-refractivity contribution in [1.29, 1.82) is 0 Å². The second kappa shape index (κ2) is 5.98. The van der Waals surface area contributed by atoms with Gasteiger partial charge in [0.25, 0.3) is 0 Å². The van der Waals surface area contributed by atoms with Crippen LogP contribution in [0.2, 0.25) is 0 Å². The summed E-state index contributed by atoms with van der Waals surface area (Å²) in [5.41, 5.74) is 2.49. The largest absolute Gasteiger partial charge is 0.0877 e. The molecular formula is C14H16. The van der Waals surface area contributed by atoms with Gasteiger partial charge >= 0.3 is 0 Å². The average molecular weight is 184 g/mol. The smallest absolute Gasteiger partial charge is 0.0257 e. The normalized spacial score (nSPS) is 12.9. The van der Waals surface area contributed by atoms with Crippen molar-refractivity contribution in [3.05, 3.63) is 65.8 Å². The molecule has 0 spiro atoms. The molecule has 0 radical (unpaired) electrons. The van der Waals surface area contributed by atoms with E-state index in [2.05, 4.69) is 37.3 Å². The Hall–Kier alpha value is -1.56. The maximum absolute atomic E-state index is 2.12. The van der Waals surface area contributed by atoms with E-state index < -0.39 is 0 Å². The summed E-state index contributed by atoms with van der Waals surface area (Å²) in [6, 6.07) is 10.3. The Morgan fingerprint density at radius 1 is 1.14 bits per heavy atom. The van der Waals surface area contributed by atoms with Crippen molar-refractivity contribution < 1.29 is 0 Å². The number of hydrogen-bond acceptors (Lipinski definition) is 0. The van der Waals surface area contributed by atoms with Crippen LogP contribution >= 0.6 is 0 Å². The molecule has 0 N–H and O–H groups in total. The number of benzene rings is 1. The minimum absolute atomic E-state index is 1.24. The van der Waals surface area contributed by atoms with Gasteiger partial charge in [-0.15, -0.1) is 0 Å². The summed E-state index contributed by atoms with van der Waals surface area (Å²) in [5.74, 6) is 0. The minimum Gasteiger partial charge on any atom is -0.0877 e. The number of rotatable bonds is 3. The van der Waals surface area contributed by atoms with Crippen LogP contribution < -0.4 is 0 Å². The first-order valence-corrected chi connectivity index (χ1v) is 4.85. The van der Waals surface area contributed by atoms with E-state index in [1.54, 1.807) is 0 Å². The van der Waals surface area contributed by atoms with Crippen molar-refractivity contribution in [2.75, 3.05) is 0 Å². The molecule has 0 aliphatic heterocycles. The maximum atomic E-state index is 2.12. The van der Waals surface area contributed by atoms with E-state index in [0.29, 0.717) is 0 Å². The summed E-state index contributed by atoms with van der Waals surface area (Å²) in [6.45, 7) is 4.12. The third-order valence-electron chi connectivity index (χ3n) is 1.89. The highest BCUT2D eigenvalue weighted by molar-refractivity contribution is 5.52. The van der Waals surface area contributed by atoms with E-state index >= 15 is 0 Å². The SMILES string of the molecule is C\C=C/C=C(C)/C=C/c1ccccc1. The standard InChI is InChI=1S/C14H16/c1-3-4-8-13(2)11-12-14-9-6-5-7-10-14/h3-12H,1-2H3/b4-3-,12-11+,13-8+. The monoisotopic (exact) mass is 184 g/mol. The molecule has 14 heavy (non-hydrogen) atoms. The van der Waals surface area contributed by atoms with Gasteiger partial charge in [0.1, 0.15) is 0 Å². The van der Waals surface area contributed by atoms with Gasteiger partial charge in [-0.1, -0.05) is 66.3 Å². The van der Waals surface area contributed by atoms with Crippen molar-refractivity contribution in [3.63, 3.8) is 0 Å². The first-order chi connectivity index (χ1) is 6.83. The molecule has 0 nitrogen and oxygen atoms in total. The predicted molar refractivity (Wildman–Crippen MR) is 64.0 cm³/mol. The summed E-state index contributed by atoms with van der Waals surface area (Å²) in [6.07, 6.45) is 10.4. The lowest BCUT2D eigenvalue weighted by molar-refractivity contribution is 1.52. The molecule has 0 aliphatic carbocycles. The number of hydrogen-bond donors (Lipinski definition) is 0. The van der Waals surface area contributed by atoms with Gasteiger partial charge in [0.15, 0.2) is 0 Å². The van der Waals surface area contributed by atoms with Crippen LogP contribution in [-0.2, 0) is 0 Å². The van der Waals surface area contributed by atoms with Gasteiger partial charge in [0, 0.05) is 0 Å². The Balaban J connectivity index is 2.65. The highest BCUT2D eigenvalue weighted by Crippen LogP contribution is 2.04. The summed E-state index contributed by atoms with van der Waals surface area (Å²) in [4.78, 5) is 0. The molecule has 0 heteroatoms. The summed E-state index contributed by atoms with van der Waals surface area (Å²) >= 11 is 0. The van der Waals surface area contributed by atoms with E-state index in [1.807, 2.05) is 37.3 Å². The Kier molecular flexibility index (Phi) is 4.49. The molecule has 0 fully saturated rings. The van der Waals surface area contributed by atoms with E-state index in [4.69, 9.17) is 0 Å². The molecule has 0 saturated carbocycles. The van der Waals surface area contributed by atoms with Crippen LogP contribution in [0.3, 0.4) is 0 Å². The van der Waals surface area contributed by atoms with Crippen LogP contribution in [0, 0.1) is 0 Å². The van der Waals surface area contributed by atoms with Crippen LogP contribution in [0.4, 0.5) is 0 Å². The quantitative estimate of drug-likeness (QED) is 0.617. The molecule has 1 rings (SSSR count). The summed E-state index contributed by atoms with van der Waals surface area (Å²) < 4.78 is 0. The average Bonchev–Trinajstić information content (AvgIpc) is 2.25. The van der Waals surface area contributed by atoms with E-state index in [9.17, 15) is 0 Å². The third-order valence-corrected chi connectivity index (χ3v) is 1.89. The van der Waals surface area contributed by atoms with Gasteiger partial charge < -0.3 is 0 Å². The van der Waals surface area contributed by atoms with E-state index in [1.165, 1.54) is 11.1 Å². The molecule has 72 valence electrons. The lowest BCUT2D eigenvalue weighted by Crippen LogP contribution is -1.70. The highest BCUT2D eigenvalue weighted by Gasteiger charge is 1.82. The van der Waals surface area contributed by atoms with Gasteiger partial charge in [-0.05, 0) is 19.4 Å². The number of allylic oxidation sites excluding steroid dienone is 5. The van der Waals surface area contributed by atoms with E-state index in [0.717, 1.165) is 0 Å². The molecule has 0 aromatic heterocycles. The predicted octanol–water partition coefficient (Wildman–Crippen LogP) is 4.22. The summed E-state index contributed by atoms with van der Waals surface area (Å²) in [7, 11) is 0. The molecule has 0 heterocycles. The molecule has 0 amide bonds. The molecular weight excluding hydrogens is 168 g/mol. The molecule has 0 atom stereocenters. The van der Waals surface area contributed by atoms with Gasteiger partial charge in [-0.3, -0.25) is 0 Å².